The molecule has 70 valence electrons. The monoisotopic (exact) mass is 203 g/mol. The lowest BCUT2D eigenvalue weighted by molar-refractivity contribution is 0.356. The number of halogens is 3. The molecule has 1 aromatic rings. The SMILES string of the molecule is Fc1ccc(Cl)c(F)c1[C@H]1CCN1. The Balaban J connectivity index is 2.46. The van der Waals surface area contributed by atoms with E-state index >= 15 is 0 Å². The Morgan fingerprint density at radius 2 is 2.08 bits per heavy atom. The van der Waals surface area contributed by atoms with Crippen LogP contribution in [0.5, 0.6) is 0 Å². The van der Waals surface area contributed by atoms with Crippen LogP contribution in [0.1, 0.15) is 18.0 Å². The fraction of sp³-hybridized carbons (Fsp3) is 0.333. The van der Waals surface area contributed by atoms with Crippen LogP contribution in [-0.4, -0.2) is 6.54 Å². The van der Waals surface area contributed by atoms with Crippen molar-refractivity contribution in [2.75, 3.05) is 6.54 Å². The summed E-state index contributed by atoms with van der Waals surface area (Å²) in [5, 5.41) is 2.91. The molecule has 1 aromatic carbocycles. The van der Waals surface area contributed by atoms with Crippen molar-refractivity contribution in [1.82, 2.24) is 5.32 Å². The lowest BCUT2D eigenvalue weighted by atomic mass is 9.97. The van der Waals surface area contributed by atoms with Crippen LogP contribution in [-0.2, 0) is 0 Å². The van der Waals surface area contributed by atoms with Crippen LogP contribution in [0.3, 0.4) is 0 Å². The molecule has 1 saturated heterocycles. The maximum Gasteiger partial charge on any atom is 0.149 e. The first-order valence-corrected chi connectivity index (χ1v) is 4.44. The third-order valence-corrected chi connectivity index (χ3v) is 2.54. The van der Waals surface area contributed by atoms with Crippen LogP contribution in [0.25, 0.3) is 0 Å². The van der Waals surface area contributed by atoms with Gasteiger partial charge in [-0.25, -0.2) is 8.78 Å². The summed E-state index contributed by atoms with van der Waals surface area (Å²) in [7, 11) is 0. The van der Waals surface area contributed by atoms with Crippen LogP contribution in [0.2, 0.25) is 5.02 Å². The molecule has 0 unspecified atom stereocenters. The summed E-state index contributed by atoms with van der Waals surface area (Å²) in [6.45, 7) is 0.802. The van der Waals surface area contributed by atoms with E-state index in [-0.39, 0.29) is 16.6 Å². The molecule has 1 fully saturated rings. The van der Waals surface area contributed by atoms with Crippen LogP contribution in [0, 0.1) is 11.6 Å². The molecule has 1 heterocycles. The average molecular weight is 204 g/mol. The Kier molecular flexibility index (Phi) is 2.22. The van der Waals surface area contributed by atoms with Gasteiger partial charge in [-0.2, -0.15) is 0 Å². The molecule has 1 atom stereocenters. The molecule has 13 heavy (non-hydrogen) atoms. The van der Waals surface area contributed by atoms with Crippen molar-refractivity contribution in [3.63, 3.8) is 0 Å². The minimum Gasteiger partial charge on any atom is -0.310 e. The van der Waals surface area contributed by atoms with Crippen molar-refractivity contribution in [2.24, 2.45) is 0 Å². The van der Waals surface area contributed by atoms with Crippen molar-refractivity contribution in [2.45, 2.75) is 12.5 Å². The highest BCUT2D eigenvalue weighted by Gasteiger charge is 2.26. The third kappa shape index (κ3) is 1.42. The second-order valence-electron chi connectivity index (χ2n) is 3.05. The van der Waals surface area contributed by atoms with Crippen LogP contribution < -0.4 is 5.32 Å². The van der Waals surface area contributed by atoms with Crippen LogP contribution >= 0.6 is 11.6 Å². The van der Waals surface area contributed by atoms with E-state index in [9.17, 15) is 8.78 Å². The molecule has 0 saturated carbocycles. The Hall–Kier alpha value is -0.670. The molecule has 0 amide bonds. The van der Waals surface area contributed by atoms with E-state index in [1.54, 1.807) is 0 Å². The maximum atomic E-state index is 13.3. The molecule has 0 spiro atoms. The molecular formula is C9H8ClF2N. The van der Waals surface area contributed by atoms with E-state index in [0.717, 1.165) is 13.0 Å². The Labute approximate surface area is 79.7 Å². The number of nitrogens with one attached hydrogen (secondary N) is 1. The Bertz CT molecular complexity index is 337. The zero-order valence-electron chi connectivity index (χ0n) is 6.78. The summed E-state index contributed by atoms with van der Waals surface area (Å²) in [6.07, 6.45) is 0.758. The molecular weight excluding hydrogens is 196 g/mol. The van der Waals surface area contributed by atoms with Gasteiger partial charge < -0.3 is 5.32 Å². The van der Waals surface area contributed by atoms with Crippen molar-refractivity contribution in [3.05, 3.63) is 34.4 Å². The molecule has 0 bridgehead atoms. The van der Waals surface area contributed by atoms with Gasteiger partial charge in [0.25, 0.3) is 0 Å². The minimum atomic E-state index is -0.640. The van der Waals surface area contributed by atoms with Gasteiger partial charge in [0.1, 0.15) is 11.6 Å². The molecule has 4 heteroatoms. The van der Waals surface area contributed by atoms with E-state index in [1.165, 1.54) is 12.1 Å². The van der Waals surface area contributed by atoms with E-state index in [2.05, 4.69) is 5.32 Å². The highest BCUT2D eigenvalue weighted by atomic mass is 35.5. The summed E-state index contributed by atoms with van der Waals surface area (Å²) in [4.78, 5) is 0. The van der Waals surface area contributed by atoms with E-state index < -0.39 is 11.6 Å². The second-order valence-corrected chi connectivity index (χ2v) is 3.46. The second kappa shape index (κ2) is 3.24. The quantitative estimate of drug-likeness (QED) is 0.692. The zero-order valence-corrected chi connectivity index (χ0v) is 7.54. The lowest BCUT2D eigenvalue weighted by Crippen LogP contribution is -2.36. The zero-order chi connectivity index (χ0) is 9.42. The van der Waals surface area contributed by atoms with Gasteiger partial charge in [-0.15, -0.1) is 0 Å². The fourth-order valence-corrected chi connectivity index (χ4v) is 1.56. The molecule has 1 N–H and O–H groups in total. The van der Waals surface area contributed by atoms with E-state index in [1.807, 2.05) is 0 Å². The standard InChI is InChI=1S/C9H8ClF2N/c10-5-1-2-6(11)8(9(5)12)7-3-4-13-7/h1-2,7,13H,3-4H2/t7-/m1/s1. The summed E-state index contributed by atoms with van der Waals surface area (Å²) < 4.78 is 26.5. The Morgan fingerprint density at radius 3 is 2.62 bits per heavy atom. The smallest absolute Gasteiger partial charge is 0.149 e. The first-order valence-electron chi connectivity index (χ1n) is 4.07. The Morgan fingerprint density at radius 1 is 1.38 bits per heavy atom. The molecule has 1 aliphatic heterocycles. The van der Waals surface area contributed by atoms with Gasteiger partial charge in [-0.05, 0) is 25.1 Å². The van der Waals surface area contributed by atoms with Crippen molar-refractivity contribution in [1.29, 1.82) is 0 Å². The molecule has 0 radical (unpaired) electrons. The van der Waals surface area contributed by atoms with Gasteiger partial charge in [-0.3, -0.25) is 0 Å². The summed E-state index contributed by atoms with van der Waals surface area (Å²) in [6, 6.07) is 2.22. The highest BCUT2D eigenvalue weighted by molar-refractivity contribution is 6.30. The van der Waals surface area contributed by atoms with Gasteiger partial charge in [0.2, 0.25) is 0 Å². The predicted molar refractivity (Wildman–Crippen MR) is 46.7 cm³/mol. The average Bonchev–Trinajstić information content (AvgIpc) is 2.02. The van der Waals surface area contributed by atoms with E-state index in [4.69, 9.17) is 11.6 Å². The van der Waals surface area contributed by atoms with Crippen molar-refractivity contribution in [3.8, 4) is 0 Å². The first kappa shape index (κ1) is 8.91. The largest absolute Gasteiger partial charge is 0.310 e. The van der Waals surface area contributed by atoms with Crippen LogP contribution in [0.15, 0.2) is 12.1 Å². The predicted octanol–water partition coefficient (Wildman–Crippen LogP) is 2.65. The van der Waals surface area contributed by atoms with E-state index in [0.29, 0.717) is 0 Å². The van der Waals surface area contributed by atoms with Gasteiger partial charge in [0.15, 0.2) is 0 Å². The summed E-state index contributed by atoms with van der Waals surface area (Å²) in [5.41, 5.74) is 0.0683. The summed E-state index contributed by atoms with van der Waals surface area (Å²) in [5.74, 6) is -1.17. The molecule has 0 aliphatic carbocycles. The van der Waals surface area contributed by atoms with Crippen LogP contribution in [0.4, 0.5) is 8.78 Å². The molecule has 2 rings (SSSR count). The van der Waals surface area contributed by atoms with Gasteiger partial charge >= 0.3 is 0 Å². The maximum absolute atomic E-state index is 13.3. The number of hydrogen-bond acceptors (Lipinski definition) is 1. The lowest BCUT2D eigenvalue weighted by Gasteiger charge is -2.28. The van der Waals surface area contributed by atoms with Gasteiger partial charge in [-0.1, -0.05) is 11.6 Å². The normalized spacial score (nSPS) is 21.3. The fourth-order valence-electron chi connectivity index (χ4n) is 1.40. The van der Waals surface area contributed by atoms with Crippen molar-refractivity contribution >= 4 is 11.6 Å². The highest BCUT2D eigenvalue weighted by Crippen LogP contribution is 2.30. The summed E-state index contributed by atoms with van der Waals surface area (Å²) >= 11 is 5.54. The first-order chi connectivity index (χ1) is 6.20. The number of benzene rings is 1. The molecule has 1 nitrogen and oxygen atoms in total. The molecule has 0 aromatic heterocycles. The topological polar surface area (TPSA) is 12.0 Å². The van der Waals surface area contributed by atoms with Gasteiger partial charge in [0.05, 0.1) is 5.02 Å². The minimum absolute atomic E-state index is 0.0231. The number of hydrogen-bond donors (Lipinski definition) is 1. The molecule has 1 aliphatic rings. The third-order valence-electron chi connectivity index (χ3n) is 2.25. The number of rotatable bonds is 1. The van der Waals surface area contributed by atoms with Gasteiger partial charge in [0, 0.05) is 11.6 Å². The van der Waals surface area contributed by atoms with Crippen molar-refractivity contribution < 1.29 is 8.78 Å².